The topological polar surface area (TPSA) is 51.2 Å². The third kappa shape index (κ3) is 5.43. The van der Waals surface area contributed by atoms with Gasteiger partial charge in [-0.3, -0.25) is 4.79 Å². The van der Waals surface area contributed by atoms with Crippen LogP contribution < -0.4 is 10.1 Å². The molecular formula is C20H20N2O2S. The quantitative estimate of drug-likeness (QED) is 0.702. The third-order valence-electron chi connectivity index (χ3n) is 3.64. The Morgan fingerprint density at radius 2 is 1.92 bits per heavy atom. The molecule has 25 heavy (non-hydrogen) atoms. The average Bonchev–Trinajstić information content (AvgIpc) is 3.04. The largest absolute Gasteiger partial charge is 0.489 e. The molecule has 0 aliphatic rings. The fourth-order valence-corrected chi connectivity index (χ4v) is 3.02. The summed E-state index contributed by atoms with van der Waals surface area (Å²) in [5.41, 5.74) is 2.95. The van der Waals surface area contributed by atoms with Crippen LogP contribution in [0, 0.1) is 6.92 Å². The number of aromatic nitrogens is 1. The molecule has 2 aromatic carbocycles. The first kappa shape index (κ1) is 17.2. The van der Waals surface area contributed by atoms with E-state index in [-0.39, 0.29) is 5.91 Å². The predicted octanol–water partition coefficient (Wildman–Crippen LogP) is 3.89. The van der Waals surface area contributed by atoms with Crippen molar-refractivity contribution in [2.24, 2.45) is 0 Å². The maximum atomic E-state index is 12.0. The second-order valence-corrected chi connectivity index (χ2v) is 6.80. The molecule has 0 radical (unpaired) electrons. The highest BCUT2D eigenvalue weighted by Crippen LogP contribution is 2.15. The lowest BCUT2D eigenvalue weighted by Gasteiger charge is -2.09. The van der Waals surface area contributed by atoms with E-state index in [0.717, 1.165) is 27.6 Å². The number of rotatable bonds is 7. The van der Waals surface area contributed by atoms with E-state index >= 15 is 0 Å². The Labute approximate surface area is 151 Å². The maximum Gasteiger partial charge on any atom is 0.226 e. The van der Waals surface area contributed by atoms with Crippen LogP contribution in [0.25, 0.3) is 0 Å². The number of amides is 1. The number of nitrogens with one attached hydrogen (secondary N) is 1. The molecule has 0 bridgehead atoms. The van der Waals surface area contributed by atoms with Crippen LogP contribution >= 0.6 is 11.3 Å². The Hall–Kier alpha value is -2.66. The number of carbonyl (C=O) groups is 1. The molecule has 0 saturated heterocycles. The van der Waals surface area contributed by atoms with Crippen LogP contribution in [0.3, 0.4) is 0 Å². The van der Waals surface area contributed by atoms with Gasteiger partial charge in [0, 0.05) is 11.9 Å². The van der Waals surface area contributed by atoms with Gasteiger partial charge in [-0.2, -0.15) is 0 Å². The van der Waals surface area contributed by atoms with Gasteiger partial charge >= 0.3 is 0 Å². The molecule has 0 atom stereocenters. The van der Waals surface area contributed by atoms with E-state index < -0.39 is 0 Å². The van der Waals surface area contributed by atoms with E-state index in [0.29, 0.717) is 19.6 Å². The minimum atomic E-state index is -0.0269. The Kier molecular flexibility index (Phi) is 5.80. The van der Waals surface area contributed by atoms with Crippen LogP contribution in [-0.2, 0) is 24.4 Å². The fourth-order valence-electron chi connectivity index (χ4n) is 2.40. The summed E-state index contributed by atoms with van der Waals surface area (Å²) in [6.07, 6.45) is 0.314. The van der Waals surface area contributed by atoms with Gasteiger partial charge in [-0.25, -0.2) is 4.98 Å². The molecule has 0 aliphatic carbocycles. The molecule has 0 aliphatic heterocycles. The van der Waals surface area contributed by atoms with Crippen LogP contribution in [0.2, 0.25) is 0 Å². The summed E-state index contributed by atoms with van der Waals surface area (Å²) in [6, 6.07) is 17.8. The molecule has 3 aromatic rings. The molecule has 1 aromatic heterocycles. The van der Waals surface area contributed by atoms with Crippen molar-refractivity contribution < 1.29 is 9.53 Å². The first-order chi connectivity index (χ1) is 12.2. The third-order valence-corrected chi connectivity index (χ3v) is 4.47. The minimum absolute atomic E-state index is 0.0269. The SMILES string of the molecule is Cc1nc(CC(=O)NCc2cccc(OCc3ccccc3)c2)cs1. The summed E-state index contributed by atoms with van der Waals surface area (Å²) in [4.78, 5) is 16.3. The van der Waals surface area contributed by atoms with Gasteiger partial charge in [-0.1, -0.05) is 42.5 Å². The van der Waals surface area contributed by atoms with E-state index in [1.807, 2.05) is 66.9 Å². The molecule has 1 N–H and O–H groups in total. The lowest BCUT2D eigenvalue weighted by atomic mass is 10.2. The molecule has 0 saturated carbocycles. The smallest absolute Gasteiger partial charge is 0.226 e. The molecule has 5 heteroatoms. The van der Waals surface area contributed by atoms with Crippen LogP contribution in [0.1, 0.15) is 21.8 Å². The van der Waals surface area contributed by atoms with E-state index in [9.17, 15) is 4.79 Å². The number of carbonyl (C=O) groups excluding carboxylic acids is 1. The van der Waals surface area contributed by atoms with Gasteiger partial charge in [-0.05, 0) is 30.2 Å². The van der Waals surface area contributed by atoms with Gasteiger partial charge in [0.1, 0.15) is 12.4 Å². The van der Waals surface area contributed by atoms with Crippen LogP contribution in [0.4, 0.5) is 0 Å². The van der Waals surface area contributed by atoms with Crippen molar-refractivity contribution in [1.29, 1.82) is 0 Å². The van der Waals surface area contributed by atoms with Gasteiger partial charge in [-0.15, -0.1) is 11.3 Å². The molecule has 0 fully saturated rings. The van der Waals surface area contributed by atoms with E-state index in [2.05, 4.69) is 10.3 Å². The highest BCUT2D eigenvalue weighted by atomic mass is 32.1. The summed E-state index contributed by atoms with van der Waals surface area (Å²) < 4.78 is 5.82. The zero-order valence-corrected chi connectivity index (χ0v) is 14.9. The molecular weight excluding hydrogens is 332 g/mol. The van der Waals surface area contributed by atoms with Crippen molar-refractivity contribution in [2.75, 3.05) is 0 Å². The second-order valence-electron chi connectivity index (χ2n) is 5.73. The zero-order chi connectivity index (χ0) is 17.5. The van der Waals surface area contributed by atoms with Crippen molar-refractivity contribution in [1.82, 2.24) is 10.3 Å². The van der Waals surface area contributed by atoms with Gasteiger partial charge < -0.3 is 10.1 Å². The van der Waals surface area contributed by atoms with Gasteiger partial charge in [0.2, 0.25) is 5.91 Å². The first-order valence-corrected chi connectivity index (χ1v) is 9.00. The maximum absolute atomic E-state index is 12.0. The molecule has 1 amide bonds. The Balaban J connectivity index is 1.50. The number of nitrogens with zero attached hydrogens (tertiary/aromatic N) is 1. The lowest BCUT2D eigenvalue weighted by Crippen LogP contribution is -2.24. The van der Waals surface area contributed by atoms with Gasteiger partial charge in [0.15, 0.2) is 0 Å². The fraction of sp³-hybridized carbons (Fsp3) is 0.200. The van der Waals surface area contributed by atoms with E-state index in [4.69, 9.17) is 4.74 Å². The number of hydrogen-bond donors (Lipinski definition) is 1. The summed E-state index contributed by atoms with van der Waals surface area (Å²) in [5.74, 6) is 0.770. The van der Waals surface area contributed by atoms with E-state index in [1.165, 1.54) is 0 Å². The zero-order valence-electron chi connectivity index (χ0n) is 14.1. The van der Waals surface area contributed by atoms with E-state index in [1.54, 1.807) is 11.3 Å². The Morgan fingerprint density at radius 1 is 1.12 bits per heavy atom. The molecule has 4 nitrogen and oxygen atoms in total. The molecule has 0 spiro atoms. The predicted molar refractivity (Wildman–Crippen MR) is 99.6 cm³/mol. The standard InChI is InChI=1S/C20H20N2O2S/c1-15-22-18(14-25-15)11-20(23)21-12-17-8-5-9-19(10-17)24-13-16-6-3-2-4-7-16/h2-10,14H,11-13H2,1H3,(H,21,23). The monoisotopic (exact) mass is 352 g/mol. The Morgan fingerprint density at radius 3 is 2.68 bits per heavy atom. The summed E-state index contributed by atoms with van der Waals surface area (Å²) in [7, 11) is 0. The van der Waals surface area contributed by atoms with Crippen molar-refractivity contribution in [3.63, 3.8) is 0 Å². The molecule has 128 valence electrons. The van der Waals surface area contributed by atoms with Crippen molar-refractivity contribution in [3.05, 3.63) is 81.8 Å². The lowest BCUT2D eigenvalue weighted by molar-refractivity contribution is -0.120. The number of aryl methyl sites for hydroxylation is 1. The summed E-state index contributed by atoms with van der Waals surface area (Å²) in [5, 5.41) is 5.83. The molecule has 0 unspecified atom stereocenters. The second kappa shape index (κ2) is 8.44. The van der Waals surface area contributed by atoms with Crippen molar-refractivity contribution >= 4 is 17.2 Å². The Bertz CT molecular complexity index is 830. The highest BCUT2D eigenvalue weighted by molar-refractivity contribution is 7.09. The number of thiazole rings is 1. The summed E-state index contributed by atoms with van der Waals surface area (Å²) in [6.45, 7) is 2.94. The summed E-state index contributed by atoms with van der Waals surface area (Å²) >= 11 is 1.56. The van der Waals surface area contributed by atoms with Crippen molar-refractivity contribution in [2.45, 2.75) is 26.5 Å². The number of ether oxygens (including phenoxy) is 1. The van der Waals surface area contributed by atoms with Gasteiger partial charge in [0.25, 0.3) is 0 Å². The van der Waals surface area contributed by atoms with Crippen LogP contribution in [-0.4, -0.2) is 10.9 Å². The number of benzene rings is 2. The van der Waals surface area contributed by atoms with Crippen molar-refractivity contribution in [3.8, 4) is 5.75 Å². The normalized spacial score (nSPS) is 10.4. The average molecular weight is 352 g/mol. The van der Waals surface area contributed by atoms with Gasteiger partial charge in [0.05, 0.1) is 17.1 Å². The number of hydrogen-bond acceptors (Lipinski definition) is 4. The molecule has 3 rings (SSSR count). The van der Waals surface area contributed by atoms with Crippen LogP contribution in [0.15, 0.2) is 60.0 Å². The first-order valence-electron chi connectivity index (χ1n) is 8.12. The molecule has 1 heterocycles. The minimum Gasteiger partial charge on any atom is -0.489 e. The van der Waals surface area contributed by atoms with Crippen LogP contribution in [0.5, 0.6) is 5.75 Å². The highest BCUT2D eigenvalue weighted by Gasteiger charge is 2.06.